The molecule has 22 heavy (non-hydrogen) atoms. The fourth-order valence-electron chi connectivity index (χ4n) is 3.50. The van der Waals surface area contributed by atoms with Crippen LogP contribution in [0, 0.1) is 5.92 Å². The average Bonchev–Trinajstić information content (AvgIpc) is 2.47. The highest BCUT2D eigenvalue weighted by molar-refractivity contribution is 5.68. The third-order valence-electron chi connectivity index (χ3n) is 4.74. The molecule has 1 aliphatic carbocycles. The predicted molar refractivity (Wildman–Crippen MR) is 86.8 cm³/mol. The van der Waals surface area contributed by atoms with Crippen LogP contribution in [0.5, 0.6) is 0 Å². The van der Waals surface area contributed by atoms with Crippen LogP contribution in [0.1, 0.15) is 59.3 Å². The molecule has 0 aromatic rings. The second-order valence-electron chi connectivity index (χ2n) is 7.74. The molecule has 0 aromatic carbocycles. The third-order valence-corrected chi connectivity index (χ3v) is 4.74. The number of carbonyl (C=O) groups excluding carboxylic acids is 1. The molecule has 1 saturated carbocycles. The Hall–Kier alpha value is -0.810. The number of likely N-dealkylation sites (tertiary alicyclic amines) is 1. The van der Waals surface area contributed by atoms with E-state index in [0.717, 1.165) is 38.8 Å². The Morgan fingerprint density at radius 2 is 1.82 bits per heavy atom. The van der Waals surface area contributed by atoms with Crippen molar-refractivity contribution in [2.75, 3.05) is 19.7 Å². The summed E-state index contributed by atoms with van der Waals surface area (Å²) in [5.41, 5.74) is -0.428. The Kier molecular flexibility index (Phi) is 6.09. The first kappa shape index (κ1) is 17.5. The molecule has 2 aliphatic rings. The zero-order valence-corrected chi connectivity index (χ0v) is 14.3. The van der Waals surface area contributed by atoms with E-state index in [4.69, 9.17) is 4.74 Å². The van der Waals surface area contributed by atoms with Gasteiger partial charge in [0, 0.05) is 31.8 Å². The molecule has 1 heterocycles. The normalized spacial score (nSPS) is 27.7. The van der Waals surface area contributed by atoms with Crippen LogP contribution in [0.2, 0.25) is 0 Å². The largest absolute Gasteiger partial charge is 0.444 e. The van der Waals surface area contributed by atoms with Crippen LogP contribution in [0.25, 0.3) is 0 Å². The van der Waals surface area contributed by atoms with Crippen LogP contribution < -0.4 is 5.32 Å². The number of carbonyl (C=O) groups is 1. The SMILES string of the molecule is CC(C)(C)OC(=O)N1CCC(N[C@H]2CCCC[C@@H]2CO)CC1. The lowest BCUT2D eigenvalue weighted by atomic mass is 9.84. The van der Waals surface area contributed by atoms with Crippen molar-refractivity contribution in [1.82, 2.24) is 10.2 Å². The highest BCUT2D eigenvalue weighted by Crippen LogP contribution is 2.25. The summed E-state index contributed by atoms with van der Waals surface area (Å²) < 4.78 is 5.43. The van der Waals surface area contributed by atoms with Gasteiger partial charge in [-0.15, -0.1) is 0 Å². The fourth-order valence-corrected chi connectivity index (χ4v) is 3.50. The molecule has 1 amide bonds. The van der Waals surface area contributed by atoms with Crippen molar-refractivity contribution in [2.24, 2.45) is 5.92 Å². The van der Waals surface area contributed by atoms with Gasteiger partial charge >= 0.3 is 6.09 Å². The molecule has 1 aliphatic heterocycles. The molecule has 5 nitrogen and oxygen atoms in total. The molecule has 5 heteroatoms. The predicted octanol–water partition coefficient (Wildman–Crippen LogP) is 2.53. The number of rotatable bonds is 3. The van der Waals surface area contributed by atoms with Gasteiger partial charge in [0.1, 0.15) is 5.60 Å². The maximum atomic E-state index is 12.1. The Morgan fingerprint density at radius 1 is 1.18 bits per heavy atom. The van der Waals surface area contributed by atoms with E-state index >= 15 is 0 Å². The van der Waals surface area contributed by atoms with E-state index in [9.17, 15) is 9.90 Å². The summed E-state index contributed by atoms with van der Waals surface area (Å²) in [4.78, 5) is 13.9. The van der Waals surface area contributed by atoms with Crippen molar-refractivity contribution < 1.29 is 14.6 Å². The molecule has 0 unspecified atom stereocenters. The standard InChI is InChI=1S/C17H32N2O3/c1-17(2,3)22-16(21)19-10-8-14(9-11-19)18-15-7-5-4-6-13(15)12-20/h13-15,18,20H,4-12H2,1-3H3/t13-,15+/m1/s1. The quantitative estimate of drug-likeness (QED) is 0.840. The number of piperidine rings is 1. The first-order valence-electron chi connectivity index (χ1n) is 8.74. The van der Waals surface area contributed by atoms with E-state index in [1.165, 1.54) is 12.8 Å². The van der Waals surface area contributed by atoms with Crippen LogP contribution in [0.15, 0.2) is 0 Å². The highest BCUT2D eigenvalue weighted by atomic mass is 16.6. The number of ether oxygens (including phenoxy) is 1. The number of amides is 1. The molecule has 0 aromatic heterocycles. The molecule has 1 saturated heterocycles. The van der Waals surface area contributed by atoms with Crippen molar-refractivity contribution in [3.05, 3.63) is 0 Å². The van der Waals surface area contributed by atoms with E-state index in [1.807, 2.05) is 25.7 Å². The Labute approximate surface area is 134 Å². The maximum absolute atomic E-state index is 12.1. The minimum absolute atomic E-state index is 0.197. The molecule has 0 radical (unpaired) electrons. The summed E-state index contributed by atoms with van der Waals surface area (Å²) in [6.07, 6.45) is 6.52. The van der Waals surface area contributed by atoms with E-state index in [0.29, 0.717) is 18.0 Å². The van der Waals surface area contributed by atoms with Crippen molar-refractivity contribution in [2.45, 2.75) is 77.0 Å². The lowest BCUT2D eigenvalue weighted by Gasteiger charge is -2.38. The summed E-state index contributed by atoms with van der Waals surface area (Å²) in [6.45, 7) is 7.49. The van der Waals surface area contributed by atoms with E-state index in [-0.39, 0.29) is 12.7 Å². The van der Waals surface area contributed by atoms with Crippen molar-refractivity contribution >= 4 is 6.09 Å². The summed E-state index contributed by atoms with van der Waals surface area (Å²) in [6, 6.07) is 0.896. The van der Waals surface area contributed by atoms with Gasteiger partial charge in [0.05, 0.1) is 0 Å². The lowest BCUT2D eigenvalue weighted by Crippen LogP contribution is -2.51. The smallest absolute Gasteiger partial charge is 0.410 e. The van der Waals surface area contributed by atoms with Crippen LogP contribution in [0.3, 0.4) is 0 Å². The van der Waals surface area contributed by atoms with Crippen molar-refractivity contribution in [3.8, 4) is 0 Å². The zero-order chi connectivity index (χ0) is 16.2. The Bertz CT molecular complexity index is 359. The maximum Gasteiger partial charge on any atom is 0.410 e. The van der Waals surface area contributed by atoms with Crippen molar-refractivity contribution in [1.29, 1.82) is 0 Å². The van der Waals surface area contributed by atoms with Gasteiger partial charge in [-0.25, -0.2) is 4.79 Å². The van der Waals surface area contributed by atoms with Gasteiger partial charge < -0.3 is 20.1 Å². The summed E-state index contributed by atoms with van der Waals surface area (Å²) in [5, 5.41) is 13.2. The van der Waals surface area contributed by atoms with Crippen molar-refractivity contribution in [3.63, 3.8) is 0 Å². The van der Waals surface area contributed by atoms with Gasteiger partial charge in [-0.05, 0) is 52.4 Å². The minimum atomic E-state index is -0.428. The molecular weight excluding hydrogens is 280 g/mol. The number of hydrogen-bond donors (Lipinski definition) is 2. The van der Waals surface area contributed by atoms with Gasteiger partial charge in [0.25, 0.3) is 0 Å². The zero-order valence-electron chi connectivity index (χ0n) is 14.3. The monoisotopic (exact) mass is 312 g/mol. The fraction of sp³-hybridized carbons (Fsp3) is 0.941. The van der Waals surface area contributed by atoms with Gasteiger partial charge in [0.2, 0.25) is 0 Å². The van der Waals surface area contributed by atoms with E-state index < -0.39 is 5.60 Å². The number of nitrogens with zero attached hydrogens (tertiary/aromatic N) is 1. The number of aliphatic hydroxyl groups is 1. The molecular formula is C17H32N2O3. The molecule has 128 valence electrons. The summed E-state index contributed by atoms with van der Waals surface area (Å²) >= 11 is 0. The lowest BCUT2D eigenvalue weighted by molar-refractivity contribution is 0.0189. The number of hydrogen-bond acceptors (Lipinski definition) is 4. The third kappa shape index (κ3) is 5.13. The second-order valence-corrected chi connectivity index (χ2v) is 7.74. The summed E-state index contributed by atoms with van der Waals surface area (Å²) in [7, 11) is 0. The van der Waals surface area contributed by atoms with Crippen LogP contribution >= 0.6 is 0 Å². The Balaban J connectivity index is 1.76. The van der Waals surface area contributed by atoms with E-state index in [1.54, 1.807) is 0 Å². The van der Waals surface area contributed by atoms with Gasteiger partial charge in [0.15, 0.2) is 0 Å². The van der Waals surface area contributed by atoms with Gasteiger partial charge in [-0.1, -0.05) is 12.8 Å². The average molecular weight is 312 g/mol. The molecule has 2 rings (SSSR count). The molecule has 2 atom stereocenters. The van der Waals surface area contributed by atoms with Crippen LogP contribution in [0.4, 0.5) is 4.79 Å². The Morgan fingerprint density at radius 3 is 2.41 bits per heavy atom. The van der Waals surface area contributed by atoms with Crippen LogP contribution in [-0.2, 0) is 4.74 Å². The molecule has 2 N–H and O–H groups in total. The highest BCUT2D eigenvalue weighted by Gasteiger charge is 2.30. The first-order chi connectivity index (χ1) is 10.4. The van der Waals surface area contributed by atoms with E-state index in [2.05, 4.69) is 5.32 Å². The number of aliphatic hydroxyl groups excluding tert-OH is 1. The minimum Gasteiger partial charge on any atom is -0.444 e. The van der Waals surface area contributed by atoms with Gasteiger partial charge in [-0.2, -0.15) is 0 Å². The topological polar surface area (TPSA) is 61.8 Å². The van der Waals surface area contributed by atoms with Gasteiger partial charge in [-0.3, -0.25) is 0 Å². The number of nitrogens with one attached hydrogen (secondary N) is 1. The second kappa shape index (κ2) is 7.64. The molecule has 2 fully saturated rings. The van der Waals surface area contributed by atoms with Crippen LogP contribution in [-0.4, -0.2) is 53.5 Å². The molecule has 0 spiro atoms. The first-order valence-corrected chi connectivity index (χ1v) is 8.74. The molecule has 0 bridgehead atoms. The summed E-state index contributed by atoms with van der Waals surface area (Å²) in [5.74, 6) is 0.401.